The van der Waals surface area contributed by atoms with Gasteiger partial charge in [-0.3, -0.25) is 4.90 Å². The zero-order valence-electron chi connectivity index (χ0n) is 11.4. The molecule has 7 heteroatoms. The number of ether oxygens (including phenoxy) is 2. The molecule has 1 fully saturated rings. The predicted octanol–water partition coefficient (Wildman–Crippen LogP) is -0.107. The maximum atomic E-state index is 11.5. The number of imidazole rings is 1. The number of nitrogens with zero attached hydrogens (tertiary/aromatic N) is 3. The van der Waals surface area contributed by atoms with Crippen molar-refractivity contribution < 1.29 is 14.3 Å². The lowest BCUT2D eigenvalue weighted by Crippen LogP contribution is -2.38. The Morgan fingerprint density at radius 3 is 2.74 bits per heavy atom. The Morgan fingerprint density at radius 2 is 2.11 bits per heavy atom. The zero-order valence-corrected chi connectivity index (χ0v) is 11.4. The standard InChI is InChI=1S/C12H20N4O3/c1-9-14-10(12(17)18-2)11(13)16(9)4-3-15-5-7-19-8-6-15/h3-8,13H2,1-2H3. The van der Waals surface area contributed by atoms with Crippen LogP contribution in [0.15, 0.2) is 0 Å². The molecule has 0 spiro atoms. The van der Waals surface area contributed by atoms with Crippen LogP contribution in [0, 0.1) is 6.92 Å². The Kier molecular flexibility index (Phi) is 4.39. The van der Waals surface area contributed by atoms with Gasteiger partial charge in [-0.15, -0.1) is 0 Å². The van der Waals surface area contributed by atoms with Gasteiger partial charge in [0.15, 0.2) is 5.69 Å². The lowest BCUT2D eigenvalue weighted by atomic mass is 10.4. The molecule has 2 rings (SSSR count). The van der Waals surface area contributed by atoms with Gasteiger partial charge in [0.05, 0.1) is 20.3 Å². The van der Waals surface area contributed by atoms with Crippen LogP contribution in [0.1, 0.15) is 16.3 Å². The fourth-order valence-electron chi connectivity index (χ4n) is 2.18. The highest BCUT2D eigenvalue weighted by molar-refractivity contribution is 5.92. The van der Waals surface area contributed by atoms with Gasteiger partial charge in [-0.25, -0.2) is 9.78 Å². The van der Waals surface area contributed by atoms with Gasteiger partial charge in [-0.05, 0) is 6.92 Å². The number of hydrogen-bond acceptors (Lipinski definition) is 6. The van der Waals surface area contributed by atoms with Crippen molar-refractivity contribution in [1.29, 1.82) is 0 Å². The number of nitrogen functional groups attached to an aromatic ring is 1. The van der Waals surface area contributed by atoms with Crippen LogP contribution >= 0.6 is 0 Å². The van der Waals surface area contributed by atoms with E-state index < -0.39 is 5.97 Å². The molecular formula is C12H20N4O3. The van der Waals surface area contributed by atoms with Gasteiger partial charge in [0.25, 0.3) is 0 Å². The number of aromatic nitrogens is 2. The van der Waals surface area contributed by atoms with Gasteiger partial charge in [-0.2, -0.15) is 0 Å². The van der Waals surface area contributed by atoms with Crippen LogP contribution in [0.5, 0.6) is 0 Å². The number of anilines is 1. The molecule has 0 radical (unpaired) electrons. The first-order valence-electron chi connectivity index (χ1n) is 6.34. The largest absolute Gasteiger partial charge is 0.464 e. The SMILES string of the molecule is COC(=O)c1nc(C)n(CCN2CCOCC2)c1N. The molecule has 106 valence electrons. The van der Waals surface area contributed by atoms with Crippen LogP contribution in [0.3, 0.4) is 0 Å². The smallest absolute Gasteiger partial charge is 0.360 e. The number of rotatable bonds is 4. The van der Waals surface area contributed by atoms with Crippen LogP contribution in [0.4, 0.5) is 5.82 Å². The monoisotopic (exact) mass is 268 g/mol. The maximum Gasteiger partial charge on any atom is 0.360 e. The van der Waals surface area contributed by atoms with Gasteiger partial charge in [0.2, 0.25) is 0 Å². The summed E-state index contributed by atoms with van der Waals surface area (Å²) in [5.41, 5.74) is 6.15. The van der Waals surface area contributed by atoms with E-state index in [4.69, 9.17) is 10.5 Å². The molecule has 1 aliphatic heterocycles. The lowest BCUT2D eigenvalue weighted by Gasteiger charge is -2.26. The van der Waals surface area contributed by atoms with Gasteiger partial charge in [0, 0.05) is 26.2 Å². The highest BCUT2D eigenvalue weighted by Crippen LogP contribution is 2.15. The molecule has 0 unspecified atom stereocenters. The van der Waals surface area contributed by atoms with Crippen LogP contribution < -0.4 is 5.73 Å². The Morgan fingerprint density at radius 1 is 1.42 bits per heavy atom. The zero-order chi connectivity index (χ0) is 13.8. The third-order valence-electron chi connectivity index (χ3n) is 3.32. The molecule has 0 aromatic carbocycles. The fourth-order valence-corrected chi connectivity index (χ4v) is 2.18. The van der Waals surface area contributed by atoms with E-state index in [9.17, 15) is 4.79 Å². The van der Waals surface area contributed by atoms with Crippen molar-refractivity contribution in [2.45, 2.75) is 13.5 Å². The van der Waals surface area contributed by atoms with Crippen LogP contribution in [-0.2, 0) is 16.0 Å². The minimum absolute atomic E-state index is 0.196. The average Bonchev–Trinajstić information content (AvgIpc) is 2.72. The third-order valence-corrected chi connectivity index (χ3v) is 3.32. The first-order valence-corrected chi connectivity index (χ1v) is 6.34. The summed E-state index contributed by atoms with van der Waals surface area (Å²) >= 11 is 0. The minimum atomic E-state index is -0.495. The molecule has 1 aliphatic rings. The molecule has 0 atom stereocenters. The van der Waals surface area contributed by atoms with Crippen LogP contribution in [0.2, 0.25) is 0 Å². The summed E-state index contributed by atoms with van der Waals surface area (Å²) in [6.07, 6.45) is 0. The molecule has 1 aromatic rings. The number of carbonyl (C=O) groups is 1. The van der Waals surface area contributed by atoms with Crippen molar-refractivity contribution >= 4 is 11.8 Å². The third kappa shape index (κ3) is 3.05. The number of aryl methyl sites for hydroxylation is 1. The molecule has 0 bridgehead atoms. The summed E-state index contributed by atoms with van der Waals surface area (Å²) in [5, 5.41) is 0. The summed E-state index contributed by atoms with van der Waals surface area (Å²) in [5.74, 6) is 0.606. The average molecular weight is 268 g/mol. The van der Waals surface area contributed by atoms with Gasteiger partial charge in [-0.1, -0.05) is 0 Å². The van der Waals surface area contributed by atoms with Crippen molar-refractivity contribution in [3.05, 3.63) is 11.5 Å². The number of carbonyl (C=O) groups excluding carboxylic acids is 1. The second kappa shape index (κ2) is 6.03. The molecule has 2 heterocycles. The Labute approximate surface area is 112 Å². The highest BCUT2D eigenvalue weighted by Gasteiger charge is 2.19. The van der Waals surface area contributed by atoms with Crippen molar-refractivity contribution in [2.24, 2.45) is 0 Å². The molecule has 0 aliphatic carbocycles. The quantitative estimate of drug-likeness (QED) is 0.767. The van der Waals surface area contributed by atoms with Crippen LogP contribution in [0.25, 0.3) is 0 Å². The summed E-state index contributed by atoms with van der Waals surface area (Å²) in [4.78, 5) is 18.0. The van der Waals surface area contributed by atoms with Crippen molar-refractivity contribution in [1.82, 2.24) is 14.5 Å². The van der Waals surface area contributed by atoms with E-state index in [1.807, 2.05) is 11.5 Å². The summed E-state index contributed by atoms with van der Waals surface area (Å²) in [6, 6.07) is 0. The first kappa shape index (κ1) is 13.8. The summed E-state index contributed by atoms with van der Waals surface area (Å²) in [7, 11) is 1.32. The molecule has 7 nitrogen and oxygen atoms in total. The second-order valence-electron chi connectivity index (χ2n) is 4.49. The summed E-state index contributed by atoms with van der Waals surface area (Å²) < 4.78 is 11.8. The Hall–Kier alpha value is -1.60. The van der Waals surface area contributed by atoms with Crippen molar-refractivity contribution in [3.63, 3.8) is 0 Å². The highest BCUT2D eigenvalue weighted by atomic mass is 16.5. The normalized spacial score (nSPS) is 16.5. The van der Waals surface area contributed by atoms with E-state index in [1.165, 1.54) is 7.11 Å². The Balaban J connectivity index is 2.03. The molecule has 1 aromatic heterocycles. The van der Waals surface area contributed by atoms with E-state index in [2.05, 4.69) is 14.6 Å². The van der Waals surface area contributed by atoms with Gasteiger partial charge >= 0.3 is 5.97 Å². The van der Waals surface area contributed by atoms with E-state index in [-0.39, 0.29) is 5.69 Å². The Bertz CT molecular complexity index is 452. The molecular weight excluding hydrogens is 248 g/mol. The topological polar surface area (TPSA) is 82.6 Å². The molecule has 0 amide bonds. The van der Waals surface area contributed by atoms with E-state index in [1.54, 1.807) is 0 Å². The number of nitrogens with two attached hydrogens (primary N) is 1. The number of hydrogen-bond donors (Lipinski definition) is 1. The maximum absolute atomic E-state index is 11.5. The predicted molar refractivity (Wildman–Crippen MR) is 70.0 cm³/mol. The second-order valence-corrected chi connectivity index (χ2v) is 4.49. The molecule has 19 heavy (non-hydrogen) atoms. The molecule has 1 saturated heterocycles. The van der Waals surface area contributed by atoms with E-state index in [0.29, 0.717) is 12.4 Å². The molecule has 2 N–H and O–H groups in total. The number of methoxy groups -OCH3 is 1. The van der Waals surface area contributed by atoms with Crippen LogP contribution in [-0.4, -0.2) is 60.4 Å². The van der Waals surface area contributed by atoms with Gasteiger partial charge in [0.1, 0.15) is 11.6 Å². The number of morpholine rings is 1. The minimum Gasteiger partial charge on any atom is -0.464 e. The van der Waals surface area contributed by atoms with Crippen molar-refractivity contribution in [2.75, 3.05) is 45.7 Å². The fraction of sp³-hybridized carbons (Fsp3) is 0.667. The lowest BCUT2D eigenvalue weighted by molar-refractivity contribution is 0.0364. The molecule has 0 saturated carbocycles. The van der Waals surface area contributed by atoms with Gasteiger partial charge < -0.3 is 19.8 Å². The number of esters is 1. The van der Waals surface area contributed by atoms with Crippen molar-refractivity contribution in [3.8, 4) is 0 Å². The summed E-state index contributed by atoms with van der Waals surface area (Å²) in [6.45, 7) is 6.81. The van der Waals surface area contributed by atoms with E-state index in [0.717, 1.165) is 38.7 Å². The first-order chi connectivity index (χ1) is 9.13. The van der Waals surface area contributed by atoms with E-state index >= 15 is 0 Å².